The number of amides is 4. The normalized spacial score (nSPS) is 14.3. The van der Waals surface area contributed by atoms with Crippen molar-refractivity contribution in [2.75, 3.05) is 47.8 Å². The fraction of sp³-hybridized carbons (Fsp3) is 0.266. The predicted octanol–water partition coefficient (Wildman–Crippen LogP) is 9.07. The average Bonchev–Trinajstić information content (AvgIpc) is 1.77. The van der Waals surface area contributed by atoms with E-state index >= 15 is 0 Å². The van der Waals surface area contributed by atoms with Crippen LogP contribution < -0.4 is 40.2 Å². The standard InChI is InChI=1S/C20H19ClN6O4.C20H17F2N5O4.C20H18FN5O4.C19H16ClFN6O4/c1-10(12-5-4-8-22-18(12)21)30-16(28)9-15-17(25-26-27(15)3)13-6-7-14-20(24-13)31-11(2)19(29)23-14;1-10(12-7-11(21)3-4-13(12)22)31-18(29)8-16-19(25-26-27(16)2)14-5-6-15-20(24-14)30-9-17(28)23-15;1-26-15(9-18(28)30-16(10-21)12-5-3-2-4-6-12)19(24-25-26)13-7-8-14-20(23-13)29-11-17(27)22-14;1-9(11-5-10(20)7-22-18(11)21)31-16(29)6-14-17(25-26-27(14)2)12-3-4-13-19(24-12)30-8-15(28)23-13/h4-8,10-11H,9H2,1-3H3,(H,23,29);3-7,10H,8-9H2,1-2H3,(H,23,28);2-8,16H,9-11H2,1H3,(H,22,27);3-5,7,9H,6,8H2,1-2H3,(H,23,28)/t10-,11?;;16-;9-/m1.11/s1. The number of ether oxygens (including phenoxy) is 8. The highest BCUT2D eigenvalue weighted by molar-refractivity contribution is 6.30. The second-order valence-electron chi connectivity index (χ2n) is 27.2. The number of anilines is 4. The van der Waals surface area contributed by atoms with Crippen LogP contribution in [0.2, 0.25) is 10.2 Å². The number of esters is 4. The van der Waals surface area contributed by atoms with Crippen LogP contribution in [0.3, 0.4) is 0 Å². The third kappa shape index (κ3) is 20.7. The second-order valence-corrected chi connectivity index (χ2v) is 28.0. The second kappa shape index (κ2) is 38.0. The number of aromatic nitrogens is 18. The first kappa shape index (κ1) is 86.0. The van der Waals surface area contributed by atoms with Gasteiger partial charge in [-0.25, -0.2) is 43.1 Å². The van der Waals surface area contributed by atoms with Gasteiger partial charge in [-0.2, -0.15) is 4.39 Å². The maximum atomic E-state index is 13.9. The van der Waals surface area contributed by atoms with E-state index < -0.39 is 78.7 Å². The van der Waals surface area contributed by atoms with Crippen molar-refractivity contribution in [2.45, 2.75) is 83.9 Å². The summed E-state index contributed by atoms with van der Waals surface area (Å²) in [7, 11) is 6.54. The maximum Gasteiger partial charge on any atom is 0.312 e. The van der Waals surface area contributed by atoms with Crippen LogP contribution in [-0.4, -0.2) is 170 Å². The fourth-order valence-electron chi connectivity index (χ4n) is 12.4. The molecule has 2 unspecified atom stereocenters. The lowest BCUT2D eigenvalue weighted by Gasteiger charge is -2.22. The summed E-state index contributed by atoms with van der Waals surface area (Å²) < 4.78 is 103. The van der Waals surface area contributed by atoms with E-state index in [1.54, 1.807) is 139 Å². The molecule has 12 aromatic rings. The van der Waals surface area contributed by atoms with Gasteiger partial charge < -0.3 is 59.2 Å². The van der Waals surface area contributed by atoms with Crippen molar-refractivity contribution in [3.05, 3.63) is 200 Å². The number of hydrogen-bond acceptors (Lipinski definition) is 30. The summed E-state index contributed by atoms with van der Waals surface area (Å²) in [6.45, 7) is 5.07. The molecule has 0 aliphatic carbocycles. The number of benzene rings is 2. The fourth-order valence-corrected chi connectivity index (χ4v) is 12.8. The number of carbonyl (C=O) groups excluding carboxylic acids is 8. The van der Waals surface area contributed by atoms with Crippen molar-refractivity contribution < 1.29 is 93.8 Å². The van der Waals surface area contributed by atoms with Crippen molar-refractivity contribution in [3.8, 4) is 69.1 Å². The van der Waals surface area contributed by atoms with Crippen LogP contribution in [0.4, 0.5) is 40.3 Å². The van der Waals surface area contributed by atoms with Gasteiger partial charge >= 0.3 is 23.9 Å². The minimum atomic E-state index is -0.994. The number of pyridine rings is 6. The zero-order valence-electron chi connectivity index (χ0n) is 66.0. The molecule has 44 heteroatoms. The highest BCUT2D eigenvalue weighted by atomic mass is 35.5. The molecule has 5 atom stereocenters. The molecule has 4 N–H and O–H groups in total. The van der Waals surface area contributed by atoms with Crippen molar-refractivity contribution in [1.29, 1.82) is 0 Å². The molecule has 0 spiro atoms. The number of halogens is 6. The van der Waals surface area contributed by atoms with Gasteiger partial charge in [0, 0.05) is 57.3 Å². The van der Waals surface area contributed by atoms with Crippen molar-refractivity contribution in [3.63, 3.8) is 0 Å². The van der Waals surface area contributed by atoms with E-state index in [-0.39, 0.29) is 114 Å². The molecule has 123 heavy (non-hydrogen) atoms. The van der Waals surface area contributed by atoms with E-state index in [0.717, 1.165) is 18.2 Å². The van der Waals surface area contributed by atoms with Gasteiger partial charge in [-0.05, 0) is 112 Å². The van der Waals surface area contributed by atoms with Crippen LogP contribution in [0, 0.1) is 17.6 Å². The highest BCUT2D eigenvalue weighted by Crippen LogP contribution is 2.37. The van der Waals surface area contributed by atoms with Crippen molar-refractivity contribution >= 4 is 93.5 Å². The van der Waals surface area contributed by atoms with E-state index in [1.807, 2.05) is 0 Å². The number of carbonyl (C=O) groups is 8. The molecule has 38 nitrogen and oxygen atoms in total. The molecule has 4 aliphatic rings. The monoisotopic (exact) mass is 1730 g/mol. The van der Waals surface area contributed by atoms with E-state index in [1.165, 1.54) is 44.8 Å². The molecule has 2 aromatic carbocycles. The molecule has 0 saturated heterocycles. The summed E-state index contributed by atoms with van der Waals surface area (Å²) in [4.78, 5) is 121. The molecule has 0 fully saturated rings. The SMILES string of the molecule is CC(OC(=O)Cc1c(-c2ccc3c(n2)OCC(=O)N3)nnn1C)c1cc(F)ccc1F.CC1Oc2nc(-c3nnn(C)c3CC(=O)O[C@H](C)c3cccnc3Cl)ccc2NC1=O.C[C@@H](OC(=O)Cc1c(-c2ccc3c(n2)OCC(=O)N3)nnn1C)c1cc(Cl)cnc1F.Cn1nnc(-c2ccc3c(n2)OCC(=O)N3)c1CC(=O)O[C@H](CF)c1ccccc1. The van der Waals surface area contributed by atoms with Crippen LogP contribution in [0.5, 0.6) is 23.5 Å². The first-order chi connectivity index (χ1) is 59.0. The van der Waals surface area contributed by atoms with Crippen molar-refractivity contribution in [1.82, 2.24) is 89.9 Å². The third-order valence-electron chi connectivity index (χ3n) is 18.6. The van der Waals surface area contributed by atoms with Gasteiger partial charge in [-0.15, -0.1) is 20.4 Å². The largest absolute Gasteiger partial charge is 0.466 e. The molecule has 0 saturated carbocycles. The Balaban J connectivity index is 0.000000141. The number of fused-ring (bicyclic) bond motifs is 4. The van der Waals surface area contributed by atoms with E-state index in [4.69, 9.17) is 61.1 Å². The molecular weight excluding hydrogens is 1660 g/mol. The number of nitrogens with zero attached hydrogens (tertiary/aromatic N) is 18. The molecule has 4 amide bonds. The summed E-state index contributed by atoms with van der Waals surface area (Å²) in [5.41, 5.74) is 7.95. The minimum absolute atomic E-state index is 0.0627. The Labute approximate surface area is 703 Å². The number of rotatable bonds is 21. The molecule has 10 aromatic heterocycles. The summed E-state index contributed by atoms with van der Waals surface area (Å²) >= 11 is 11.9. The summed E-state index contributed by atoms with van der Waals surface area (Å²) in [6.07, 6.45) is -2.03. The molecule has 0 radical (unpaired) electrons. The highest BCUT2D eigenvalue weighted by Gasteiger charge is 2.32. The minimum Gasteiger partial charge on any atom is -0.466 e. The Bertz CT molecular complexity index is 5880. The lowest BCUT2D eigenvalue weighted by molar-refractivity contribution is -0.150. The van der Waals surface area contributed by atoms with Crippen LogP contribution in [-0.2, 0) is 111 Å². The Hall–Kier alpha value is -14.8. The molecule has 0 bridgehead atoms. The Morgan fingerprint density at radius 2 is 0.878 bits per heavy atom. The van der Waals surface area contributed by atoms with E-state index in [9.17, 15) is 55.9 Å². The summed E-state index contributed by atoms with van der Waals surface area (Å²) in [5, 5.41) is 43.4. The third-order valence-corrected chi connectivity index (χ3v) is 19.1. The molecule has 4 aliphatic heterocycles. The predicted molar refractivity (Wildman–Crippen MR) is 422 cm³/mol. The molecule has 634 valence electrons. The molecule has 16 rings (SSSR count). The van der Waals surface area contributed by atoms with Gasteiger partial charge in [0.15, 0.2) is 32.0 Å². The van der Waals surface area contributed by atoms with Gasteiger partial charge in [0.1, 0.15) is 87.3 Å². The first-order valence-corrected chi connectivity index (χ1v) is 37.9. The average molecular weight is 1730 g/mol. The molecule has 14 heterocycles. The number of nitrogens with one attached hydrogen (secondary N) is 4. The van der Waals surface area contributed by atoms with Crippen LogP contribution in [0.1, 0.15) is 97.1 Å². The Kier molecular flexibility index (Phi) is 26.6. The maximum absolute atomic E-state index is 13.9. The Morgan fingerprint density at radius 1 is 0.480 bits per heavy atom. The van der Waals surface area contributed by atoms with E-state index in [0.29, 0.717) is 102 Å². The smallest absolute Gasteiger partial charge is 0.312 e. The van der Waals surface area contributed by atoms with Crippen LogP contribution in [0.25, 0.3) is 45.6 Å². The van der Waals surface area contributed by atoms with Gasteiger partial charge in [-0.1, -0.05) is 80.5 Å². The Morgan fingerprint density at radius 3 is 1.30 bits per heavy atom. The number of aryl methyl sites for hydroxylation is 4. The zero-order valence-corrected chi connectivity index (χ0v) is 67.5. The van der Waals surface area contributed by atoms with Crippen LogP contribution >= 0.6 is 23.2 Å². The van der Waals surface area contributed by atoms with Gasteiger partial charge in [-0.3, -0.25) is 57.1 Å². The van der Waals surface area contributed by atoms with Gasteiger partial charge in [0.25, 0.3) is 23.6 Å². The zero-order chi connectivity index (χ0) is 87.4. The number of hydrogen-bond donors (Lipinski definition) is 4. The summed E-state index contributed by atoms with van der Waals surface area (Å²) in [5.74, 6) is -4.51. The lowest BCUT2D eigenvalue weighted by Crippen LogP contribution is -2.34. The lowest BCUT2D eigenvalue weighted by atomic mass is 10.1. The van der Waals surface area contributed by atoms with Crippen LogP contribution in [0.15, 0.2) is 128 Å². The van der Waals surface area contributed by atoms with Gasteiger partial charge in [0.2, 0.25) is 29.5 Å². The first-order valence-electron chi connectivity index (χ1n) is 37.1. The molecular formula is C79H70Cl2F4N22O16. The quantitative estimate of drug-likeness (QED) is 0.0225. The van der Waals surface area contributed by atoms with E-state index in [2.05, 4.69) is 92.4 Å². The number of alkyl halides is 1. The summed E-state index contributed by atoms with van der Waals surface area (Å²) in [6, 6.07) is 29.6. The van der Waals surface area contributed by atoms with Crippen molar-refractivity contribution in [2.24, 2.45) is 28.2 Å². The topological polar surface area (TPSA) is 459 Å². The van der Waals surface area contributed by atoms with Gasteiger partial charge in [0.05, 0.1) is 76.3 Å².